The Labute approximate surface area is 120 Å². The molecular formula is C12H20N2O4S2. The lowest BCUT2D eigenvalue weighted by Crippen LogP contribution is -2.25. The van der Waals surface area contributed by atoms with Crippen molar-refractivity contribution in [3.63, 3.8) is 0 Å². The molecule has 6 nitrogen and oxygen atoms in total. The van der Waals surface area contributed by atoms with Gasteiger partial charge in [0, 0.05) is 29.4 Å². The smallest absolute Gasteiger partial charge is 0.235 e. The van der Waals surface area contributed by atoms with Gasteiger partial charge in [0.25, 0.3) is 0 Å². The van der Waals surface area contributed by atoms with Gasteiger partial charge in [-0.15, -0.1) is 0 Å². The number of anilines is 1. The molecule has 1 aromatic rings. The quantitative estimate of drug-likeness (QED) is 0.866. The van der Waals surface area contributed by atoms with Crippen LogP contribution in [-0.2, 0) is 24.5 Å². The number of rotatable bonds is 6. The summed E-state index contributed by atoms with van der Waals surface area (Å²) in [4.78, 5) is 0. The van der Waals surface area contributed by atoms with E-state index in [1.165, 1.54) is 19.6 Å². The molecule has 0 aliphatic carbocycles. The van der Waals surface area contributed by atoms with Crippen molar-refractivity contribution < 1.29 is 17.4 Å². The van der Waals surface area contributed by atoms with E-state index in [4.69, 9.17) is 4.74 Å². The number of hydrogen-bond donors (Lipinski definition) is 1. The Morgan fingerprint density at radius 1 is 1.25 bits per heavy atom. The van der Waals surface area contributed by atoms with Crippen LogP contribution in [-0.4, -0.2) is 44.1 Å². The highest BCUT2D eigenvalue weighted by atomic mass is 32.2. The number of nitrogens with zero attached hydrogens (tertiary/aromatic N) is 1. The molecule has 0 spiro atoms. The molecule has 1 atom stereocenters. The Morgan fingerprint density at radius 3 is 2.40 bits per heavy atom. The van der Waals surface area contributed by atoms with Crippen LogP contribution in [0.2, 0.25) is 0 Å². The zero-order chi connectivity index (χ0) is 15.4. The number of nitrogens with one attached hydrogen (secondary N) is 1. The highest BCUT2D eigenvalue weighted by Gasteiger charge is 2.17. The standard InChI is InChI=1S/C12H20N2O4S2/c1-10(18-2)9-20(16,17)14-12-8-6-5-7-11(12)13-19(3,4)15/h5-8,10,14H,9H2,1-4H3. The van der Waals surface area contributed by atoms with Crippen LogP contribution in [0.4, 0.5) is 11.4 Å². The Hall–Kier alpha value is -1.12. The molecule has 0 heterocycles. The summed E-state index contributed by atoms with van der Waals surface area (Å²) >= 11 is 0. The van der Waals surface area contributed by atoms with Crippen LogP contribution >= 0.6 is 0 Å². The Balaban J connectivity index is 3.08. The van der Waals surface area contributed by atoms with Gasteiger partial charge in [-0.2, -0.15) is 4.36 Å². The van der Waals surface area contributed by atoms with Gasteiger partial charge >= 0.3 is 0 Å². The minimum Gasteiger partial charge on any atom is -0.381 e. The number of methoxy groups -OCH3 is 1. The molecule has 0 bridgehead atoms. The van der Waals surface area contributed by atoms with Crippen molar-refractivity contribution in [1.29, 1.82) is 0 Å². The lowest BCUT2D eigenvalue weighted by Gasteiger charge is -2.13. The van der Waals surface area contributed by atoms with E-state index in [0.29, 0.717) is 11.4 Å². The highest BCUT2D eigenvalue weighted by molar-refractivity contribution is 7.93. The summed E-state index contributed by atoms with van der Waals surface area (Å²) < 4.78 is 47.1. The van der Waals surface area contributed by atoms with Crippen LogP contribution in [0, 0.1) is 0 Å². The van der Waals surface area contributed by atoms with Crippen molar-refractivity contribution in [1.82, 2.24) is 0 Å². The van der Waals surface area contributed by atoms with E-state index in [2.05, 4.69) is 9.08 Å². The van der Waals surface area contributed by atoms with Crippen molar-refractivity contribution >= 4 is 31.1 Å². The minimum absolute atomic E-state index is 0.161. The molecule has 0 aromatic heterocycles. The van der Waals surface area contributed by atoms with E-state index in [-0.39, 0.29) is 5.75 Å². The van der Waals surface area contributed by atoms with Crippen LogP contribution in [0.3, 0.4) is 0 Å². The predicted molar refractivity (Wildman–Crippen MR) is 82.4 cm³/mol. The monoisotopic (exact) mass is 320 g/mol. The number of hydrogen-bond acceptors (Lipinski definition) is 5. The first-order valence-electron chi connectivity index (χ1n) is 5.92. The molecule has 0 fully saturated rings. The van der Waals surface area contributed by atoms with Gasteiger partial charge < -0.3 is 4.74 Å². The van der Waals surface area contributed by atoms with E-state index < -0.39 is 25.9 Å². The summed E-state index contributed by atoms with van der Waals surface area (Å²) in [5.41, 5.74) is 0.670. The molecule has 8 heteroatoms. The molecule has 0 aliphatic rings. The average molecular weight is 320 g/mol. The summed E-state index contributed by atoms with van der Waals surface area (Å²) in [6.45, 7) is 1.67. The van der Waals surface area contributed by atoms with Gasteiger partial charge in [-0.25, -0.2) is 12.6 Å². The second-order valence-electron chi connectivity index (χ2n) is 4.72. The summed E-state index contributed by atoms with van der Waals surface area (Å²) in [6.07, 6.45) is 2.56. The van der Waals surface area contributed by atoms with Crippen LogP contribution < -0.4 is 4.72 Å². The summed E-state index contributed by atoms with van der Waals surface area (Å²) in [5, 5.41) is 0. The van der Waals surface area contributed by atoms with E-state index >= 15 is 0 Å². The molecule has 0 saturated carbocycles. The van der Waals surface area contributed by atoms with Crippen molar-refractivity contribution in [2.75, 3.05) is 30.1 Å². The maximum absolute atomic E-state index is 12.0. The minimum atomic E-state index is -3.55. The lowest BCUT2D eigenvalue weighted by molar-refractivity contribution is 0.136. The number of ether oxygens (including phenoxy) is 1. The third-order valence-corrected chi connectivity index (χ3v) is 4.42. The SMILES string of the molecule is COC(C)CS(=O)(=O)Nc1ccccc1N=S(C)(C)=O. The van der Waals surface area contributed by atoms with Crippen molar-refractivity contribution in [2.24, 2.45) is 4.36 Å². The van der Waals surface area contributed by atoms with Gasteiger partial charge in [0.2, 0.25) is 10.0 Å². The maximum Gasteiger partial charge on any atom is 0.235 e. The first-order valence-corrected chi connectivity index (χ1v) is 9.91. The summed E-state index contributed by atoms with van der Waals surface area (Å²) in [5.74, 6) is -0.161. The van der Waals surface area contributed by atoms with E-state index in [0.717, 1.165) is 0 Å². The fourth-order valence-electron chi connectivity index (χ4n) is 1.46. The van der Waals surface area contributed by atoms with Gasteiger partial charge in [-0.1, -0.05) is 12.1 Å². The van der Waals surface area contributed by atoms with Gasteiger partial charge in [0.1, 0.15) is 0 Å². The number of sulfonamides is 1. The van der Waals surface area contributed by atoms with Gasteiger partial charge in [-0.05, 0) is 19.1 Å². The second-order valence-corrected chi connectivity index (χ2v) is 9.03. The molecule has 1 unspecified atom stereocenters. The average Bonchev–Trinajstić information content (AvgIpc) is 2.28. The summed E-state index contributed by atoms with van der Waals surface area (Å²) in [7, 11) is -4.47. The van der Waals surface area contributed by atoms with Crippen molar-refractivity contribution in [2.45, 2.75) is 13.0 Å². The Kier molecular flexibility index (Phi) is 5.55. The van der Waals surface area contributed by atoms with Gasteiger partial charge in [0.15, 0.2) is 0 Å². The van der Waals surface area contributed by atoms with Crippen molar-refractivity contribution in [3.05, 3.63) is 24.3 Å². The molecular weight excluding hydrogens is 300 g/mol. The van der Waals surface area contributed by atoms with E-state index in [9.17, 15) is 12.6 Å². The number of para-hydroxylation sites is 1. The van der Waals surface area contributed by atoms with Crippen LogP contribution in [0.1, 0.15) is 6.92 Å². The second kappa shape index (κ2) is 6.55. The predicted octanol–water partition coefficient (Wildman–Crippen LogP) is 1.82. The van der Waals surface area contributed by atoms with E-state index in [1.54, 1.807) is 31.2 Å². The molecule has 0 aliphatic heterocycles. The van der Waals surface area contributed by atoms with Crippen LogP contribution in [0.15, 0.2) is 28.6 Å². The molecule has 1 N–H and O–H groups in total. The molecule has 1 rings (SSSR count). The van der Waals surface area contributed by atoms with Gasteiger partial charge in [0.05, 0.1) is 23.2 Å². The third-order valence-electron chi connectivity index (χ3n) is 2.34. The molecule has 0 amide bonds. The molecule has 0 radical (unpaired) electrons. The van der Waals surface area contributed by atoms with E-state index in [1.807, 2.05) is 0 Å². The van der Waals surface area contributed by atoms with Gasteiger partial charge in [-0.3, -0.25) is 4.72 Å². The Morgan fingerprint density at radius 2 is 1.85 bits per heavy atom. The topological polar surface area (TPSA) is 84.8 Å². The first kappa shape index (κ1) is 16.9. The normalized spacial score (nSPS) is 13.8. The fraction of sp³-hybridized carbons (Fsp3) is 0.500. The van der Waals surface area contributed by atoms with Crippen molar-refractivity contribution in [3.8, 4) is 0 Å². The molecule has 114 valence electrons. The molecule has 20 heavy (non-hydrogen) atoms. The zero-order valence-electron chi connectivity index (χ0n) is 12.0. The summed E-state index contributed by atoms with van der Waals surface area (Å²) in [6, 6.07) is 6.59. The first-order chi connectivity index (χ1) is 9.13. The van der Waals surface area contributed by atoms with Crippen LogP contribution in [0.5, 0.6) is 0 Å². The third kappa shape index (κ3) is 5.89. The highest BCUT2D eigenvalue weighted by Crippen LogP contribution is 2.26. The molecule has 1 aromatic carbocycles. The Bertz CT molecular complexity index is 668. The largest absolute Gasteiger partial charge is 0.381 e. The molecule has 0 saturated heterocycles. The van der Waals surface area contributed by atoms with Crippen LogP contribution in [0.25, 0.3) is 0 Å². The number of benzene rings is 1. The fourth-order valence-corrected chi connectivity index (χ4v) is 3.44. The lowest BCUT2D eigenvalue weighted by atomic mass is 10.3. The maximum atomic E-state index is 12.0. The zero-order valence-corrected chi connectivity index (χ0v) is 13.6.